The third kappa shape index (κ3) is 2.58. The summed E-state index contributed by atoms with van der Waals surface area (Å²) in [5.74, 6) is 0.795. The SMILES string of the molecule is Cc1c(CO)ncn1Cc1ccc2c(c1)Nc1nccnc1S2. The molecule has 3 aromatic rings. The van der Waals surface area contributed by atoms with E-state index >= 15 is 0 Å². The van der Waals surface area contributed by atoms with Crippen molar-refractivity contribution in [2.45, 2.75) is 30.0 Å². The zero-order valence-corrected chi connectivity index (χ0v) is 13.3. The van der Waals surface area contributed by atoms with Crippen molar-refractivity contribution in [1.29, 1.82) is 0 Å². The number of benzene rings is 1. The van der Waals surface area contributed by atoms with E-state index in [0.29, 0.717) is 6.54 Å². The summed E-state index contributed by atoms with van der Waals surface area (Å²) in [4.78, 5) is 14.0. The Balaban J connectivity index is 1.62. The normalized spacial score (nSPS) is 12.4. The zero-order valence-electron chi connectivity index (χ0n) is 12.5. The number of nitrogens with one attached hydrogen (secondary N) is 1. The van der Waals surface area contributed by atoms with Crippen molar-refractivity contribution < 1.29 is 5.11 Å². The van der Waals surface area contributed by atoms with Crippen LogP contribution in [0.2, 0.25) is 0 Å². The second kappa shape index (κ2) is 5.68. The van der Waals surface area contributed by atoms with Gasteiger partial charge in [-0.3, -0.25) is 0 Å². The first-order valence-corrected chi connectivity index (χ1v) is 8.06. The number of aromatic nitrogens is 4. The van der Waals surface area contributed by atoms with Crippen molar-refractivity contribution >= 4 is 23.3 Å². The lowest BCUT2D eigenvalue weighted by Gasteiger charge is -2.19. The van der Waals surface area contributed by atoms with E-state index < -0.39 is 0 Å². The molecule has 0 radical (unpaired) electrons. The number of fused-ring (bicyclic) bond motifs is 2. The first-order valence-electron chi connectivity index (χ1n) is 7.25. The summed E-state index contributed by atoms with van der Waals surface area (Å²) >= 11 is 1.62. The summed E-state index contributed by atoms with van der Waals surface area (Å²) in [7, 11) is 0. The van der Waals surface area contributed by atoms with E-state index in [-0.39, 0.29) is 6.61 Å². The highest BCUT2D eigenvalue weighted by atomic mass is 32.2. The van der Waals surface area contributed by atoms with E-state index in [1.165, 1.54) is 0 Å². The van der Waals surface area contributed by atoms with E-state index in [0.717, 1.165) is 38.4 Å². The summed E-state index contributed by atoms with van der Waals surface area (Å²) in [6.07, 6.45) is 5.16. The number of nitrogens with zero attached hydrogens (tertiary/aromatic N) is 4. The highest BCUT2D eigenvalue weighted by Crippen LogP contribution is 2.42. The molecule has 0 saturated carbocycles. The summed E-state index contributed by atoms with van der Waals surface area (Å²) in [5.41, 5.74) is 3.92. The van der Waals surface area contributed by atoms with Crippen molar-refractivity contribution in [3.63, 3.8) is 0 Å². The van der Waals surface area contributed by atoms with E-state index in [1.807, 2.05) is 11.5 Å². The van der Waals surface area contributed by atoms with Crippen LogP contribution in [0.3, 0.4) is 0 Å². The molecule has 0 fully saturated rings. The van der Waals surface area contributed by atoms with Crippen LogP contribution >= 0.6 is 11.8 Å². The molecular formula is C16H15N5OS. The van der Waals surface area contributed by atoms with E-state index in [1.54, 1.807) is 30.5 Å². The van der Waals surface area contributed by atoms with Gasteiger partial charge in [0.15, 0.2) is 5.82 Å². The molecular weight excluding hydrogens is 310 g/mol. The molecule has 2 N–H and O–H groups in total. The Bertz CT molecular complexity index is 877. The van der Waals surface area contributed by atoms with Gasteiger partial charge in [-0.15, -0.1) is 0 Å². The van der Waals surface area contributed by atoms with Gasteiger partial charge in [-0.05, 0) is 24.6 Å². The van der Waals surface area contributed by atoms with Gasteiger partial charge in [-0.1, -0.05) is 17.8 Å². The minimum Gasteiger partial charge on any atom is -0.390 e. The molecule has 0 amide bonds. The van der Waals surface area contributed by atoms with Gasteiger partial charge in [-0.2, -0.15) is 0 Å². The largest absolute Gasteiger partial charge is 0.390 e. The van der Waals surface area contributed by atoms with E-state index in [9.17, 15) is 5.11 Å². The predicted molar refractivity (Wildman–Crippen MR) is 87.9 cm³/mol. The van der Waals surface area contributed by atoms with Crippen LogP contribution < -0.4 is 5.32 Å². The number of hydrogen-bond donors (Lipinski definition) is 2. The Labute approximate surface area is 137 Å². The van der Waals surface area contributed by atoms with Crippen LogP contribution in [0.25, 0.3) is 0 Å². The molecule has 0 bridgehead atoms. The van der Waals surface area contributed by atoms with Crippen LogP contribution in [0.15, 0.2) is 46.8 Å². The van der Waals surface area contributed by atoms with E-state index in [2.05, 4.69) is 38.5 Å². The van der Waals surface area contributed by atoms with E-state index in [4.69, 9.17) is 0 Å². The fourth-order valence-corrected chi connectivity index (χ4v) is 3.45. The van der Waals surface area contributed by atoms with Crippen LogP contribution in [0, 0.1) is 6.92 Å². The minimum atomic E-state index is -0.0311. The predicted octanol–water partition coefficient (Wildman–Crippen LogP) is 2.73. The minimum absolute atomic E-state index is 0.0311. The number of aliphatic hydroxyl groups is 1. The third-order valence-corrected chi connectivity index (χ3v) is 4.94. The van der Waals surface area contributed by atoms with Crippen LogP contribution in [0.1, 0.15) is 17.0 Å². The molecule has 116 valence electrons. The zero-order chi connectivity index (χ0) is 15.8. The van der Waals surface area contributed by atoms with Crippen LogP contribution in [-0.4, -0.2) is 24.6 Å². The third-order valence-electron chi connectivity index (χ3n) is 3.87. The van der Waals surface area contributed by atoms with Gasteiger partial charge in [-0.25, -0.2) is 15.0 Å². The monoisotopic (exact) mass is 325 g/mol. The molecule has 4 rings (SSSR count). The average Bonchev–Trinajstić information content (AvgIpc) is 2.93. The Morgan fingerprint density at radius 1 is 1.22 bits per heavy atom. The number of imidazole rings is 1. The fraction of sp³-hybridized carbons (Fsp3) is 0.188. The lowest BCUT2D eigenvalue weighted by Crippen LogP contribution is -2.06. The maximum atomic E-state index is 9.25. The molecule has 1 aliphatic rings. The van der Waals surface area contributed by atoms with Crippen LogP contribution in [0.4, 0.5) is 11.5 Å². The lowest BCUT2D eigenvalue weighted by atomic mass is 10.2. The van der Waals surface area contributed by atoms with Crippen LogP contribution in [-0.2, 0) is 13.2 Å². The highest BCUT2D eigenvalue weighted by Gasteiger charge is 2.18. The second-order valence-corrected chi connectivity index (χ2v) is 6.36. The lowest BCUT2D eigenvalue weighted by molar-refractivity contribution is 0.276. The molecule has 7 heteroatoms. The molecule has 0 spiro atoms. The summed E-state index contributed by atoms with van der Waals surface area (Å²) in [6.45, 7) is 2.65. The van der Waals surface area contributed by atoms with Crippen molar-refractivity contribution in [3.05, 3.63) is 53.9 Å². The van der Waals surface area contributed by atoms with Crippen molar-refractivity contribution in [3.8, 4) is 0 Å². The first kappa shape index (κ1) is 14.2. The fourth-order valence-electron chi connectivity index (χ4n) is 2.58. The molecule has 1 aliphatic heterocycles. The Morgan fingerprint density at radius 3 is 2.91 bits per heavy atom. The van der Waals surface area contributed by atoms with Gasteiger partial charge in [0.25, 0.3) is 0 Å². The molecule has 0 aliphatic carbocycles. The Hall–Kier alpha value is -2.38. The maximum absolute atomic E-state index is 9.25. The van der Waals surface area contributed by atoms with Gasteiger partial charge in [0.2, 0.25) is 0 Å². The number of rotatable bonds is 3. The second-order valence-electron chi connectivity index (χ2n) is 5.33. The average molecular weight is 325 g/mol. The summed E-state index contributed by atoms with van der Waals surface area (Å²) < 4.78 is 2.04. The van der Waals surface area contributed by atoms with Gasteiger partial charge in [0.1, 0.15) is 5.03 Å². The Kier molecular flexibility index (Phi) is 3.51. The quantitative estimate of drug-likeness (QED) is 0.603. The molecule has 6 nitrogen and oxygen atoms in total. The molecule has 3 heterocycles. The maximum Gasteiger partial charge on any atom is 0.163 e. The van der Waals surface area contributed by atoms with Gasteiger partial charge < -0.3 is 15.0 Å². The number of hydrogen-bond acceptors (Lipinski definition) is 6. The smallest absolute Gasteiger partial charge is 0.163 e. The van der Waals surface area contributed by atoms with Gasteiger partial charge >= 0.3 is 0 Å². The summed E-state index contributed by atoms with van der Waals surface area (Å²) in [6, 6.07) is 6.32. The summed E-state index contributed by atoms with van der Waals surface area (Å²) in [5, 5.41) is 13.5. The molecule has 0 saturated heterocycles. The molecule has 23 heavy (non-hydrogen) atoms. The number of anilines is 2. The molecule has 2 aromatic heterocycles. The number of aliphatic hydroxyl groups excluding tert-OH is 1. The van der Waals surface area contributed by atoms with Crippen molar-refractivity contribution in [1.82, 2.24) is 19.5 Å². The van der Waals surface area contributed by atoms with Crippen molar-refractivity contribution in [2.24, 2.45) is 0 Å². The Morgan fingerprint density at radius 2 is 2.09 bits per heavy atom. The molecule has 0 unspecified atom stereocenters. The van der Waals surface area contributed by atoms with Crippen molar-refractivity contribution in [2.75, 3.05) is 5.32 Å². The van der Waals surface area contributed by atoms with Gasteiger partial charge in [0, 0.05) is 29.5 Å². The van der Waals surface area contributed by atoms with Crippen LogP contribution in [0.5, 0.6) is 0 Å². The standard InChI is InChI=1S/C16H15N5OS/c1-10-13(8-22)19-9-21(10)7-11-2-3-14-12(6-11)20-15-16(23-14)18-5-4-17-15/h2-6,9,22H,7-8H2,1H3,(H,17,20). The molecule has 0 atom stereocenters. The first-order chi connectivity index (χ1) is 11.2. The topological polar surface area (TPSA) is 75.9 Å². The highest BCUT2D eigenvalue weighted by molar-refractivity contribution is 7.99. The molecule has 1 aromatic carbocycles. The van der Waals surface area contributed by atoms with Gasteiger partial charge in [0.05, 0.1) is 24.3 Å².